The smallest absolute Gasteiger partial charge is 0.410 e. The fraction of sp³-hybridized carbons (Fsp3) is 0.481. The Labute approximate surface area is 226 Å². The number of carbonyl (C=O) groups is 2. The van der Waals surface area contributed by atoms with E-state index in [0.29, 0.717) is 29.3 Å². The zero-order chi connectivity index (χ0) is 27.7. The van der Waals surface area contributed by atoms with Crippen molar-refractivity contribution in [3.8, 4) is 11.8 Å². The van der Waals surface area contributed by atoms with Crippen LogP contribution in [0.25, 0.3) is 10.9 Å². The molecule has 1 saturated carbocycles. The highest BCUT2D eigenvalue weighted by Crippen LogP contribution is 2.34. The predicted molar refractivity (Wildman–Crippen MR) is 144 cm³/mol. The Bertz CT molecular complexity index is 1420. The largest absolute Gasteiger partial charge is 0.476 e. The number of amides is 2. The molecule has 204 valence electrons. The number of nitriles is 1. The highest BCUT2D eigenvalue weighted by Gasteiger charge is 2.42. The van der Waals surface area contributed by atoms with Crippen molar-refractivity contribution < 1.29 is 19.1 Å². The standard InChI is InChI=1S/C27H32N8O4/c1-27(2,3)39-26(37)35(18-5-6-18)19-7-9-34(16-19)24-14-29-22(13-30-24)25(36)31-21-11-17-15-33(4)32-20(17)12-23(21)38-10-8-28/h11-15,18-19H,5-7,9-10,16H2,1-4H3,(H,31,36)/t19-/m1/s1. The van der Waals surface area contributed by atoms with Crippen LogP contribution in [0.2, 0.25) is 0 Å². The Morgan fingerprint density at radius 2 is 1.97 bits per heavy atom. The van der Waals surface area contributed by atoms with E-state index in [-0.39, 0.29) is 30.5 Å². The van der Waals surface area contributed by atoms with E-state index in [2.05, 4.69) is 25.3 Å². The van der Waals surface area contributed by atoms with Crippen LogP contribution in [0.3, 0.4) is 0 Å². The van der Waals surface area contributed by atoms with Crippen molar-refractivity contribution in [1.29, 1.82) is 5.26 Å². The van der Waals surface area contributed by atoms with E-state index in [4.69, 9.17) is 14.7 Å². The molecule has 1 atom stereocenters. The van der Waals surface area contributed by atoms with Gasteiger partial charge in [0.05, 0.1) is 29.6 Å². The number of ether oxygens (including phenoxy) is 2. The van der Waals surface area contributed by atoms with Crippen LogP contribution in [0.15, 0.2) is 30.7 Å². The van der Waals surface area contributed by atoms with Crippen LogP contribution in [-0.2, 0) is 11.8 Å². The van der Waals surface area contributed by atoms with Gasteiger partial charge in [0.25, 0.3) is 5.91 Å². The van der Waals surface area contributed by atoms with Gasteiger partial charge in [0.2, 0.25) is 0 Å². The summed E-state index contributed by atoms with van der Waals surface area (Å²) in [5, 5.41) is 16.9. The van der Waals surface area contributed by atoms with Crippen molar-refractivity contribution in [2.75, 3.05) is 29.9 Å². The average Bonchev–Trinajstić information content (AvgIpc) is 3.46. The maximum atomic E-state index is 13.0. The van der Waals surface area contributed by atoms with Crippen LogP contribution in [-0.4, -0.2) is 74.0 Å². The zero-order valence-electron chi connectivity index (χ0n) is 22.5. The minimum atomic E-state index is -0.545. The summed E-state index contributed by atoms with van der Waals surface area (Å²) in [5.41, 5.74) is 0.687. The molecular weight excluding hydrogens is 500 g/mol. The topological polar surface area (TPSA) is 138 Å². The van der Waals surface area contributed by atoms with Gasteiger partial charge in [0.1, 0.15) is 28.9 Å². The monoisotopic (exact) mass is 532 g/mol. The molecule has 2 aliphatic rings. The van der Waals surface area contributed by atoms with Crippen LogP contribution < -0.4 is 15.0 Å². The molecule has 0 bridgehead atoms. The van der Waals surface area contributed by atoms with E-state index in [0.717, 1.165) is 31.2 Å². The van der Waals surface area contributed by atoms with Crippen LogP contribution in [0.5, 0.6) is 5.75 Å². The molecule has 1 aliphatic heterocycles. The van der Waals surface area contributed by atoms with Gasteiger partial charge in [0.15, 0.2) is 6.61 Å². The second-order valence-electron chi connectivity index (χ2n) is 10.9. The lowest BCUT2D eigenvalue weighted by molar-refractivity contribution is 0.0158. The fourth-order valence-electron chi connectivity index (χ4n) is 4.73. The summed E-state index contributed by atoms with van der Waals surface area (Å²) < 4.78 is 12.8. The maximum Gasteiger partial charge on any atom is 0.410 e. The Morgan fingerprint density at radius 3 is 2.64 bits per heavy atom. The molecular formula is C27H32N8O4. The van der Waals surface area contributed by atoms with Crippen molar-refractivity contribution in [3.05, 3.63) is 36.4 Å². The fourth-order valence-corrected chi connectivity index (χ4v) is 4.73. The molecule has 2 amide bonds. The third-order valence-electron chi connectivity index (χ3n) is 6.56. The number of hydrogen-bond acceptors (Lipinski definition) is 9. The molecule has 2 fully saturated rings. The first-order chi connectivity index (χ1) is 18.6. The maximum absolute atomic E-state index is 13.0. The zero-order valence-corrected chi connectivity index (χ0v) is 22.5. The number of nitrogens with zero attached hydrogens (tertiary/aromatic N) is 7. The van der Waals surface area contributed by atoms with Gasteiger partial charge < -0.3 is 24.6 Å². The molecule has 1 saturated heterocycles. The van der Waals surface area contributed by atoms with E-state index in [9.17, 15) is 9.59 Å². The molecule has 3 heterocycles. The minimum Gasteiger partial charge on any atom is -0.476 e. The van der Waals surface area contributed by atoms with Crippen molar-refractivity contribution in [3.63, 3.8) is 0 Å². The summed E-state index contributed by atoms with van der Waals surface area (Å²) in [4.78, 5) is 38.7. The SMILES string of the molecule is Cn1cc2cc(NC(=O)c3cnc(N4CC[C@@H](N(C(=O)OC(C)(C)C)C5CC5)C4)cn3)c(OCC#N)cc2n1. The summed E-state index contributed by atoms with van der Waals surface area (Å²) in [6.07, 6.45) is 7.36. The van der Waals surface area contributed by atoms with Crippen molar-refractivity contribution in [2.24, 2.45) is 7.05 Å². The highest BCUT2D eigenvalue weighted by atomic mass is 16.6. The first kappa shape index (κ1) is 26.2. The Balaban J connectivity index is 1.26. The van der Waals surface area contributed by atoms with Gasteiger partial charge in [-0.2, -0.15) is 10.4 Å². The summed E-state index contributed by atoms with van der Waals surface area (Å²) in [6.45, 7) is 6.81. The van der Waals surface area contributed by atoms with Crippen LogP contribution >= 0.6 is 0 Å². The van der Waals surface area contributed by atoms with Crippen LogP contribution in [0.1, 0.15) is 50.5 Å². The number of benzene rings is 1. The quantitative estimate of drug-likeness (QED) is 0.484. The van der Waals surface area contributed by atoms with Gasteiger partial charge in [-0.05, 0) is 46.1 Å². The van der Waals surface area contributed by atoms with Crippen molar-refractivity contribution in [2.45, 2.75) is 57.7 Å². The summed E-state index contributed by atoms with van der Waals surface area (Å²) in [5.74, 6) is 0.529. The average molecular weight is 533 g/mol. The highest BCUT2D eigenvalue weighted by molar-refractivity contribution is 6.04. The number of fused-ring (bicyclic) bond motifs is 1. The number of nitrogens with one attached hydrogen (secondary N) is 1. The number of anilines is 2. The number of aryl methyl sites for hydroxylation is 1. The third-order valence-corrected chi connectivity index (χ3v) is 6.56. The van der Waals surface area contributed by atoms with Crippen LogP contribution in [0, 0.1) is 11.3 Å². The van der Waals surface area contributed by atoms with E-state index >= 15 is 0 Å². The molecule has 1 aliphatic carbocycles. The lowest BCUT2D eigenvalue weighted by Crippen LogP contribution is -2.46. The molecule has 12 heteroatoms. The van der Waals surface area contributed by atoms with E-state index in [1.54, 1.807) is 30.1 Å². The molecule has 39 heavy (non-hydrogen) atoms. The van der Waals surface area contributed by atoms with Gasteiger partial charge in [0, 0.05) is 43.8 Å². The molecule has 0 spiro atoms. The summed E-state index contributed by atoms with van der Waals surface area (Å²) >= 11 is 0. The number of rotatable bonds is 7. The van der Waals surface area contributed by atoms with Gasteiger partial charge in [-0.3, -0.25) is 9.48 Å². The first-order valence-corrected chi connectivity index (χ1v) is 13.0. The summed E-state index contributed by atoms with van der Waals surface area (Å²) in [7, 11) is 1.80. The van der Waals surface area contributed by atoms with E-state index in [1.165, 1.54) is 6.20 Å². The van der Waals surface area contributed by atoms with Gasteiger partial charge in [-0.1, -0.05) is 0 Å². The molecule has 3 aromatic rings. The Morgan fingerprint density at radius 1 is 1.18 bits per heavy atom. The van der Waals surface area contributed by atoms with E-state index < -0.39 is 11.5 Å². The molecule has 1 aromatic carbocycles. The molecule has 12 nitrogen and oxygen atoms in total. The number of aromatic nitrogens is 4. The van der Waals surface area contributed by atoms with Gasteiger partial charge in [-0.15, -0.1) is 0 Å². The normalized spacial score (nSPS) is 17.1. The van der Waals surface area contributed by atoms with E-state index in [1.807, 2.05) is 37.9 Å². The molecule has 0 radical (unpaired) electrons. The van der Waals surface area contributed by atoms with Crippen molar-refractivity contribution in [1.82, 2.24) is 24.6 Å². The second kappa shape index (κ2) is 10.4. The third kappa shape index (κ3) is 6.03. The van der Waals surface area contributed by atoms with Crippen LogP contribution in [0.4, 0.5) is 16.3 Å². The van der Waals surface area contributed by atoms with Gasteiger partial charge >= 0.3 is 6.09 Å². The van der Waals surface area contributed by atoms with Crippen molar-refractivity contribution >= 4 is 34.4 Å². The lowest BCUT2D eigenvalue weighted by atomic mass is 10.2. The predicted octanol–water partition coefficient (Wildman–Crippen LogP) is 3.50. The molecule has 1 N–H and O–H groups in total. The summed E-state index contributed by atoms with van der Waals surface area (Å²) in [6, 6.07) is 5.63. The number of carbonyl (C=O) groups excluding carboxylic acids is 2. The van der Waals surface area contributed by atoms with Gasteiger partial charge in [-0.25, -0.2) is 14.8 Å². The lowest BCUT2D eigenvalue weighted by Gasteiger charge is -2.31. The first-order valence-electron chi connectivity index (χ1n) is 13.0. The molecule has 5 rings (SSSR count). The minimum absolute atomic E-state index is 0.0337. The molecule has 0 unspecified atom stereocenters. The Kier molecular flexibility index (Phi) is 6.99. The molecule has 2 aromatic heterocycles. The second-order valence-corrected chi connectivity index (χ2v) is 10.9. The number of hydrogen-bond donors (Lipinski definition) is 1. The Hall–Kier alpha value is -4.40.